The quantitative estimate of drug-likeness (QED) is 0.391. The average Bonchev–Trinajstić information content (AvgIpc) is 2.59. The van der Waals surface area contributed by atoms with Gasteiger partial charge in [0, 0.05) is 19.8 Å². The molecule has 2 rings (SSSR count). The Kier molecular flexibility index (Phi) is 6.94. The summed E-state index contributed by atoms with van der Waals surface area (Å²) < 4.78 is 14.8. The number of Topliss-reactive ketones (excluding diaryl/α,β-unsaturated/α-hetero) is 1. The summed E-state index contributed by atoms with van der Waals surface area (Å²) in [4.78, 5) is 45.7. The maximum absolute atomic E-state index is 12.1. The lowest BCUT2D eigenvalue weighted by Gasteiger charge is -2.29. The van der Waals surface area contributed by atoms with Crippen LogP contribution in [0.2, 0.25) is 0 Å². The largest absolute Gasteiger partial charge is 0.547 e. The van der Waals surface area contributed by atoms with E-state index in [1.54, 1.807) is 12.1 Å². The normalized spacial score (nSPS) is 15.2. The van der Waals surface area contributed by atoms with Crippen LogP contribution in [0.1, 0.15) is 42.6 Å². The molecule has 0 aliphatic carbocycles. The number of hydrogen-bond donors (Lipinski definition) is 2. The molecule has 0 spiro atoms. The van der Waals surface area contributed by atoms with Gasteiger partial charge in [0.2, 0.25) is 12.7 Å². The number of esters is 2. The van der Waals surface area contributed by atoms with Gasteiger partial charge in [-0.2, -0.15) is 0 Å². The van der Waals surface area contributed by atoms with Crippen LogP contribution in [0.15, 0.2) is 18.2 Å². The van der Waals surface area contributed by atoms with Crippen LogP contribution in [0.3, 0.4) is 0 Å². The molecule has 9 nitrogen and oxygen atoms in total. The summed E-state index contributed by atoms with van der Waals surface area (Å²) in [5.74, 6) is -2.42. The van der Waals surface area contributed by atoms with Crippen molar-refractivity contribution in [1.29, 1.82) is 0 Å². The fraction of sp³-hybridized carbons (Fsp3) is 0.412. The minimum absolute atomic E-state index is 0.0218. The predicted molar refractivity (Wildman–Crippen MR) is 92.6 cm³/mol. The molecule has 2 N–H and O–H groups in total. The Hall–Kier alpha value is -2.88. The summed E-state index contributed by atoms with van der Waals surface area (Å²) in [6, 6.07) is 4.75. The fourth-order valence-corrected chi connectivity index (χ4v) is 2.52. The molecule has 0 fully saturated rings. The fourth-order valence-electron chi connectivity index (χ4n) is 2.52. The van der Waals surface area contributed by atoms with Gasteiger partial charge in [0.15, 0.2) is 0 Å². The monoisotopic (exact) mass is 377 g/mol. The minimum Gasteiger partial charge on any atom is -0.534 e. The van der Waals surface area contributed by atoms with Gasteiger partial charge >= 0.3 is 19.1 Å². The molecule has 1 aliphatic rings. The highest BCUT2D eigenvalue weighted by atomic mass is 16.7. The zero-order chi connectivity index (χ0) is 20.0. The molecule has 0 aromatic heterocycles. The number of ketones is 1. The molecule has 1 aromatic carbocycles. The first-order valence-corrected chi connectivity index (χ1v) is 8.34. The summed E-state index contributed by atoms with van der Waals surface area (Å²) in [5.41, 5.74) is 0.666. The summed E-state index contributed by atoms with van der Waals surface area (Å²) in [6.07, 6.45) is 0.367. The number of ether oxygens (including phenoxy) is 2. The smallest absolute Gasteiger partial charge is 0.534 e. The first-order chi connectivity index (χ1) is 12.8. The van der Waals surface area contributed by atoms with Gasteiger partial charge in [-0.15, -0.1) is 0 Å². The van der Waals surface area contributed by atoms with E-state index in [-0.39, 0.29) is 42.3 Å². The molecule has 1 aliphatic heterocycles. The molecule has 1 atom stereocenters. The van der Waals surface area contributed by atoms with Crippen molar-refractivity contribution < 1.29 is 38.3 Å². The number of para-hydroxylation sites is 1. The van der Waals surface area contributed by atoms with Crippen LogP contribution in [0, 0.1) is 0 Å². The molecule has 0 saturated heterocycles. The van der Waals surface area contributed by atoms with E-state index in [1.165, 1.54) is 19.9 Å². The summed E-state index contributed by atoms with van der Waals surface area (Å²) in [5, 5.41) is 12.8. The van der Waals surface area contributed by atoms with Crippen LogP contribution in [-0.2, 0) is 30.3 Å². The van der Waals surface area contributed by atoms with Gasteiger partial charge in [0.05, 0.1) is 5.94 Å². The number of carbonyl (C=O) groups excluding carboxylic acids is 4. The third kappa shape index (κ3) is 5.82. The van der Waals surface area contributed by atoms with Crippen LogP contribution in [0.5, 0.6) is 5.75 Å². The van der Waals surface area contributed by atoms with Crippen LogP contribution in [0.25, 0.3) is 0 Å². The SMILES string of the molecule is CC(=O)CCC(=O)N[C@H]1Cc2cccc(C(=O)OCOC(C)=O)c2OB1O. The molecular weight excluding hydrogens is 357 g/mol. The highest BCUT2D eigenvalue weighted by Crippen LogP contribution is 2.30. The van der Waals surface area contributed by atoms with Crippen molar-refractivity contribution >= 4 is 30.7 Å². The molecule has 27 heavy (non-hydrogen) atoms. The van der Waals surface area contributed by atoms with Gasteiger partial charge in [0.25, 0.3) is 0 Å². The molecule has 0 bridgehead atoms. The Morgan fingerprint density at radius 1 is 1.22 bits per heavy atom. The third-order valence-corrected chi connectivity index (χ3v) is 3.84. The van der Waals surface area contributed by atoms with Crippen molar-refractivity contribution in [3.8, 4) is 5.75 Å². The van der Waals surface area contributed by atoms with Crippen LogP contribution >= 0.6 is 0 Å². The van der Waals surface area contributed by atoms with Crippen molar-refractivity contribution in [2.24, 2.45) is 0 Å². The molecule has 144 valence electrons. The zero-order valence-corrected chi connectivity index (χ0v) is 15.0. The van der Waals surface area contributed by atoms with Crippen molar-refractivity contribution in [3.05, 3.63) is 29.3 Å². The van der Waals surface area contributed by atoms with E-state index in [2.05, 4.69) is 10.1 Å². The van der Waals surface area contributed by atoms with E-state index in [1.807, 2.05) is 0 Å². The number of nitrogens with one attached hydrogen (secondary N) is 1. The van der Waals surface area contributed by atoms with Crippen LogP contribution < -0.4 is 9.97 Å². The highest BCUT2D eigenvalue weighted by Gasteiger charge is 2.37. The van der Waals surface area contributed by atoms with Gasteiger partial charge in [-0.1, -0.05) is 12.1 Å². The lowest BCUT2D eigenvalue weighted by molar-refractivity contribution is -0.149. The number of hydrogen-bond acceptors (Lipinski definition) is 8. The lowest BCUT2D eigenvalue weighted by atomic mass is 9.72. The second kappa shape index (κ2) is 9.18. The van der Waals surface area contributed by atoms with Crippen LogP contribution in [0.4, 0.5) is 0 Å². The maximum Gasteiger partial charge on any atom is 0.547 e. The van der Waals surface area contributed by atoms with Gasteiger partial charge in [0.1, 0.15) is 17.1 Å². The second-order valence-electron chi connectivity index (χ2n) is 6.07. The number of rotatable bonds is 7. The van der Waals surface area contributed by atoms with Gasteiger partial charge in [-0.25, -0.2) is 4.79 Å². The van der Waals surface area contributed by atoms with Gasteiger partial charge < -0.3 is 29.3 Å². The van der Waals surface area contributed by atoms with Crippen molar-refractivity contribution in [2.45, 2.75) is 39.1 Å². The van der Waals surface area contributed by atoms with Crippen molar-refractivity contribution in [3.63, 3.8) is 0 Å². The molecule has 0 radical (unpaired) electrons. The second-order valence-corrected chi connectivity index (χ2v) is 6.07. The van der Waals surface area contributed by atoms with Crippen molar-refractivity contribution in [1.82, 2.24) is 5.32 Å². The highest BCUT2D eigenvalue weighted by molar-refractivity contribution is 6.47. The van der Waals surface area contributed by atoms with Crippen molar-refractivity contribution in [2.75, 3.05) is 6.79 Å². The molecule has 0 unspecified atom stereocenters. The summed E-state index contributed by atoms with van der Waals surface area (Å²) >= 11 is 0. The Morgan fingerprint density at radius 2 is 1.96 bits per heavy atom. The zero-order valence-electron chi connectivity index (χ0n) is 15.0. The first-order valence-electron chi connectivity index (χ1n) is 8.34. The first kappa shape index (κ1) is 20.4. The number of carbonyl (C=O) groups is 4. The maximum atomic E-state index is 12.1. The summed E-state index contributed by atoms with van der Waals surface area (Å²) in [6.45, 7) is 2.04. The number of amides is 1. The molecule has 10 heteroatoms. The van der Waals surface area contributed by atoms with E-state index in [0.717, 1.165) is 0 Å². The Morgan fingerprint density at radius 3 is 2.63 bits per heavy atom. The average molecular weight is 377 g/mol. The van der Waals surface area contributed by atoms with E-state index in [4.69, 9.17) is 9.39 Å². The van der Waals surface area contributed by atoms with E-state index >= 15 is 0 Å². The topological polar surface area (TPSA) is 128 Å². The molecule has 1 heterocycles. The van der Waals surface area contributed by atoms with E-state index in [0.29, 0.717) is 5.56 Å². The Labute approximate surface area is 156 Å². The lowest BCUT2D eigenvalue weighted by Crippen LogP contribution is -2.53. The Balaban J connectivity index is 2.05. The molecule has 1 aromatic rings. The number of benzene rings is 1. The standard InChI is InChI=1S/C17H20BNO8/c1-10(20)6-7-15(22)19-14-8-12-4-3-5-13(16(12)27-18(14)24)17(23)26-9-25-11(2)21/h3-5,14,24H,6-9H2,1-2H3,(H,19,22)/t14-/m0/s1. The predicted octanol–water partition coefficient (Wildman–Crippen LogP) is 0.173. The molecule has 1 amide bonds. The molecular formula is C17H20BNO8. The third-order valence-electron chi connectivity index (χ3n) is 3.84. The molecule has 0 saturated carbocycles. The van der Waals surface area contributed by atoms with E-state index in [9.17, 15) is 24.2 Å². The van der Waals surface area contributed by atoms with E-state index < -0.39 is 31.8 Å². The Bertz CT molecular complexity index is 750. The minimum atomic E-state index is -1.37. The van der Waals surface area contributed by atoms with Gasteiger partial charge in [-0.05, 0) is 25.0 Å². The van der Waals surface area contributed by atoms with Gasteiger partial charge in [-0.3, -0.25) is 9.59 Å². The summed E-state index contributed by atoms with van der Waals surface area (Å²) in [7, 11) is -1.37. The van der Waals surface area contributed by atoms with Crippen LogP contribution in [-0.4, -0.2) is 48.5 Å². The number of fused-ring (bicyclic) bond motifs is 1.